The third kappa shape index (κ3) is 5.21. The molecule has 0 spiro atoms. The zero-order chi connectivity index (χ0) is 27.8. The molecule has 1 saturated heterocycles. The molecule has 204 valence electrons. The van der Waals surface area contributed by atoms with Crippen molar-refractivity contribution in [2.24, 2.45) is 17.6 Å². The number of fused-ring (bicyclic) bond motifs is 1. The van der Waals surface area contributed by atoms with Crippen LogP contribution in [0.1, 0.15) is 60.5 Å². The van der Waals surface area contributed by atoms with Gasteiger partial charge in [-0.3, -0.25) is 19.3 Å². The zero-order valence-corrected chi connectivity index (χ0v) is 22.1. The fraction of sp³-hybridized carbons (Fsp3) is 0.387. The molecule has 3 aliphatic rings. The van der Waals surface area contributed by atoms with Crippen LogP contribution in [0.5, 0.6) is 5.75 Å². The first kappa shape index (κ1) is 26.7. The summed E-state index contributed by atoms with van der Waals surface area (Å²) >= 11 is 0. The highest BCUT2D eigenvalue weighted by molar-refractivity contribution is 6.19. The van der Waals surface area contributed by atoms with Crippen LogP contribution in [0.3, 0.4) is 0 Å². The molecule has 2 aromatic carbocycles. The molecule has 1 aliphatic heterocycles. The molecular weight excluding hydrogens is 496 g/mol. The van der Waals surface area contributed by atoms with Crippen LogP contribution in [0, 0.1) is 11.8 Å². The molecule has 0 aromatic heterocycles. The lowest BCUT2D eigenvalue weighted by Crippen LogP contribution is -2.32. The quantitative estimate of drug-likeness (QED) is 0.245. The third-order valence-electron chi connectivity index (χ3n) is 8.24. The number of phenols is 1. The summed E-state index contributed by atoms with van der Waals surface area (Å²) in [6.45, 7) is 4.47. The molecular formula is C31H34N2O6. The summed E-state index contributed by atoms with van der Waals surface area (Å²) in [6, 6.07) is 11.6. The van der Waals surface area contributed by atoms with E-state index in [1.807, 2.05) is 18.2 Å². The van der Waals surface area contributed by atoms with E-state index in [1.165, 1.54) is 31.4 Å². The van der Waals surface area contributed by atoms with Crippen molar-refractivity contribution in [1.82, 2.24) is 4.90 Å². The average molecular weight is 531 g/mol. The summed E-state index contributed by atoms with van der Waals surface area (Å²) in [5.74, 6) is -3.27. The molecule has 5 rings (SSSR count). The summed E-state index contributed by atoms with van der Waals surface area (Å²) in [7, 11) is 0. The number of rotatable bonds is 6. The van der Waals surface area contributed by atoms with E-state index in [-0.39, 0.29) is 52.7 Å². The summed E-state index contributed by atoms with van der Waals surface area (Å²) < 4.78 is 0. The highest BCUT2D eigenvalue weighted by Gasteiger charge is 2.39. The Labute approximate surface area is 227 Å². The number of phenolic OH excluding ortho intramolecular Hbond substituents is 1. The Bertz CT molecular complexity index is 1410. The number of nitrogens with zero attached hydrogens (tertiary/aromatic N) is 1. The van der Waals surface area contributed by atoms with Gasteiger partial charge in [-0.15, -0.1) is 0 Å². The van der Waals surface area contributed by atoms with Crippen LogP contribution < -0.4 is 5.73 Å². The van der Waals surface area contributed by atoms with Gasteiger partial charge in [0.2, 0.25) is 0 Å². The number of ketones is 2. The molecule has 5 N–H and O–H groups in total. The smallest absolute Gasteiger partial charge is 0.255 e. The average Bonchev–Trinajstić information content (AvgIpc) is 3.36. The van der Waals surface area contributed by atoms with E-state index in [1.54, 1.807) is 0 Å². The standard InChI is InChI=1S/C31H34N2O6/c1-17(34)27-21(12-19-13-25(36)29(31(32)39)26(37)14-19)15-23-22(7-8-24(35)28(23)30(27)38)20-6-4-5-18(11-20)16-33-9-2-3-10-33/h4-8,11,19,21,34-36H,2-3,9-10,12-16H2,1H3,(H2,32,39)/b27-17-/t19?,21-/m1/s1. The molecule has 39 heavy (non-hydrogen) atoms. The Morgan fingerprint density at radius 2 is 1.79 bits per heavy atom. The Morgan fingerprint density at radius 3 is 2.46 bits per heavy atom. The molecule has 8 heteroatoms. The molecule has 1 heterocycles. The number of allylic oxidation sites excluding steroid dienone is 3. The van der Waals surface area contributed by atoms with E-state index in [4.69, 9.17) is 5.73 Å². The minimum Gasteiger partial charge on any atom is -0.512 e. The number of aromatic hydroxyl groups is 1. The van der Waals surface area contributed by atoms with Crippen molar-refractivity contribution in [3.8, 4) is 16.9 Å². The normalized spacial score (nSPS) is 23.2. The SMILES string of the molecule is C/C(O)=C1/C(=O)c2c(O)ccc(-c3cccc(CN4CCCC4)c3)c2C[C@H]1CC1CC(=O)C(C(N)=O)=C(O)C1. The van der Waals surface area contributed by atoms with Gasteiger partial charge < -0.3 is 21.1 Å². The number of hydrogen-bond donors (Lipinski definition) is 4. The molecule has 0 saturated carbocycles. The van der Waals surface area contributed by atoms with Gasteiger partial charge in [0.15, 0.2) is 11.6 Å². The van der Waals surface area contributed by atoms with Gasteiger partial charge in [-0.25, -0.2) is 0 Å². The van der Waals surface area contributed by atoms with E-state index in [0.717, 1.165) is 30.8 Å². The lowest BCUT2D eigenvalue weighted by atomic mass is 9.70. The van der Waals surface area contributed by atoms with Crippen molar-refractivity contribution >= 4 is 17.5 Å². The first-order valence-corrected chi connectivity index (χ1v) is 13.5. The monoisotopic (exact) mass is 530 g/mol. The van der Waals surface area contributed by atoms with Crippen molar-refractivity contribution in [3.05, 3.63) is 75.8 Å². The lowest BCUT2D eigenvalue weighted by Gasteiger charge is -2.32. The molecule has 0 bridgehead atoms. The Balaban J connectivity index is 1.50. The summed E-state index contributed by atoms with van der Waals surface area (Å²) in [5.41, 5.74) is 8.97. The number of hydrogen-bond acceptors (Lipinski definition) is 7. The van der Waals surface area contributed by atoms with Gasteiger partial charge in [0.1, 0.15) is 17.1 Å². The first-order chi connectivity index (χ1) is 18.6. The van der Waals surface area contributed by atoms with Crippen molar-refractivity contribution in [1.29, 1.82) is 0 Å². The summed E-state index contributed by atoms with van der Waals surface area (Å²) in [4.78, 5) is 40.3. The number of aliphatic hydroxyl groups is 2. The van der Waals surface area contributed by atoms with Crippen molar-refractivity contribution in [2.45, 2.75) is 52.0 Å². The second kappa shape index (κ2) is 10.7. The number of nitrogens with two attached hydrogens (primary N) is 1. The fourth-order valence-electron chi connectivity index (χ4n) is 6.56. The fourth-order valence-corrected chi connectivity index (χ4v) is 6.56. The summed E-state index contributed by atoms with van der Waals surface area (Å²) in [5, 5.41) is 31.6. The highest BCUT2D eigenvalue weighted by Crippen LogP contribution is 2.44. The molecule has 0 radical (unpaired) electrons. The van der Waals surface area contributed by atoms with E-state index in [9.17, 15) is 29.7 Å². The molecule has 2 aliphatic carbocycles. The predicted octanol–water partition coefficient (Wildman–Crippen LogP) is 4.51. The Morgan fingerprint density at radius 1 is 1.05 bits per heavy atom. The maximum absolute atomic E-state index is 13.7. The molecule has 1 unspecified atom stereocenters. The van der Waals surface area contributed by atoms with Crippen LogP contribution in [0.2, 0.25) is 0 Å². The van der Waals surface area contributed by atoms with E-state index in [2.05, 4.69) is 17.0 Å². The van der Waals surface area contributed by atoms with Gasteiger partial charge in [-0.1, -0.05) is 24.3 Å². The molecule has 8 nitrogen and oxygen atoms in total. The van der Waals surface area contributed by atoms with Gasteiger partial charge in [-0.2, -0.15) is 0 Å². The van der Waals surface area contributed by atoms with Gasteiger partial charge >= 0.3 is 0 Å². The number of primary amides is 1. The second-order valence-corrected chi connectivity index (χ2v) is 11.0. The van der Waals surface area contributed by atoms with Gasteiger partial charge in [0, 0.05) is 25.0 Å². The van der Waals surface area contributed by atoms with E-state index in [0.29, 0.717) is 18.4 Å². The maximum Gasteiger partial charge on any atom is 0.255 e. The van der Waals surface area contributed by atoms with Gasteiger partial charge in [0.05, 0.1) is 11.3 Å². The number of Topliss-reactive ketones (excluding diaryl/α,β-unsaturated/α-hetero) is 2. The topological polar surface area (TPSA) is 141 Å². The Hall–Kier alpha value is -3.91. The van der Waals surface area contributed by atoms with Crippen LogP contribution in [-0.2, 0) is 22.6 Å². The molecule has 1 amide bonds. The number of amides is 1. The molecule has 1 fully saturated rings. The molecule has 2 aromatic rings. The minimum atomic E-state index is -0.948. The maximum atomic E-state index is 13.7. The summed E-state index contributed by atoms with van der Waals surface area (Å²) in [6.07, 6.45) is 3.22. The predicted molar refractivity (Wildman–Crippen MR) is 146 cm³/mol. The Kier molecular flexibility index (Phi) is 7.32. The zero-order valence-electron chi connectivity index (χ0n) is 22.1. The second-order valence-electron chi connectivity index (χ2n) is 11.0. The minimum absolute atomic E-state index is 0.0169. The lowest BCUT2D eigenvalue weighted by molar-refractivity contribution is -0.122. The van der Waals surface area contributed by atoms with E-state index < -0.39 is 23.4 Å². The van der Waals surface area contributed by atoms with Crippen LogP contribution in [0.4, 0.5) is 0 Å². The number of likely N-dealkylation sites (tertiary alicyclic amines) is 1. The van der Waals surface area contributed by atoms with Crippen molar-refractivity contribution in [3.63, 3.8) is 0 Å². The number of carbonyl (C=O) groups excluding carboxylic acids is 3. The molecule has 2 atom stereocenters. The first-order valence-electron chi connectivity index (χ1n) is 13.5. The van der Waals surface area contributed by atoms with Crippen LogP contribution in [0.15, 0.2) is 59.1 Å². The van der Waals surface area contributed by atoms with E-state index >= 15 is 0 Å². The van der Waals surface area contributed by atoms with Crippen molar-refractivity contribution < 1.29 is 29.7 Å². The van der Waals surface area contributed by atoms with Crippen LogP contribution in [0.25, 0.3) is 11.1 Å². The van der Waals surface area contributed by atoms with Crippen molar-refractivity contribution in [2.75, 3.05) is 13.1 Å². The highest BCUT2D eigenvalue weighted by atomic mass is 16.3. The van der Waals surface area contributed by atoms with Crippen LogP contribution >= 0.6 is 0 Å². The largest absolute Gasteiger partial charge is 0.512 e. The number of benzene rings is 2. The third-order valence-corrected chi connectivity index (χ3v) is 8.24. The van der Waals surface area contributed by atoms with Crippen LogP contribution in [-0.4, -0.2) is 50.8 Å². The number of carbonyl (C=O) groups is 3. The van der Waals surface area contributed by atoms with Gasteiger partial charge in [-0.05, 0) is 91.9 Å². The number of aliphatic hydroxyl groups excluding tert-OH is 2. The van der Waals surface area contributed by atoms with Gasteiger partial charge in [0.25, 0.3) is 5.91 Å².